The quantitative estimate of drug-likeness (QED) is 0.723. The Morgan fingerprint density at radius 3 is 2.73 bits per heavy atom. The summed E-state index contributed by atoms with van der Waals surface area (Å²) in [5, 5.41) is 3.53. The number of halogens is 1. The minimum Gasteiger partial charge on any atom is -0.450 e. The van der Waals surface area contributed by atoms with E-state index in [-0.39, 0.29) is 17.3 Å². The third kappa shape index (κ3) is 4.89. The highest BCUT2D eigenvalue weighted by molar-refractivity contribution is 5.69. The normalized spacial score (nSPS) is 25.8. The standard InChI is InChI=1S/C24H36FN5O3/c1-2-33-23(31)30-16-24(17-30)6-3-20(14-24)28-7-9-29(10-8-28)21-13-18(25)15-26-22(21)27-19-4-11-32-12-5-19/h13,15,19-20H,2-12,14,16-17H2,1H3,(H,26,27)/t20-/m1/s1. The number of pyridine rings is 1. The van der Waals surface area contributed by atoms with E-state index in [0.29, 0.717) is 18.7 Å². The molecule has 1 aromatic heterocycles. The van der Waals surface area contributed by atoms with Crippen molar-refractivity contribution in [1.82, 2.24) is 14.8 Å². The molecule has 0 unspecified atom stereocenters. The Balaban J connectivity index is 1.15. The topological polar surface area (TPSA) is 70.2 Å². The second-order valence-electron chi connectivity index (χ2n) is 10.0. The average Bonchev–Trinajstić information content (AvgIpc) is 3.26. The summed E-state index contributed by atoms with van der Waals surface area (Å²) >= 11 is 0. The first-order valence-electron chi connectivity index (χ1n) is 12.5. The second-order valence-corrected chi connectivity index (χ2v) is 10.0. The fourth-order valence-corrected chi connectivity index (χ4v) is 6.03. The summed E-state index contributed by atoms with van der Waals surface area (Å²) in [5.74, 6) is 0.490. The van der Waals surface area contributed by atoms with Gasteiger partial charge >= 0.3 is 6.09 Å². The second kappa shape index (κ2) is 9.62. The van der Waals surface area contributed by atoms with Crippen LogP contribution in [0.25, 0.3) is 0 Å². The molecule has 1 atom stereocenters. The van der Waals surface area contributed by atoms with Gasteiger partial charge in [-0.1, -0.05) is 0 Å². The molecule has 1 saturated carbocycles. The van der Waals surface area contributed by atoms with Gasteiger partial charge in [-0.25, -0.2) is 14.2 Å². The Hall–Kier alpha value is -2.13. The molecular weight excluding hydrogens is 425 g/mol. The molecule has 5 rings (SSSR count). The highest BCUT2D eigenvalue weighted by Gasteiger charge is 2.51. The summed E-state index contributed by atoms with van der Waals surface area (Å²) in [6.45, 7) is 9.13. The number of rotatable bonds is 5. The Kier molecular flexibility index (Phi) is 6.60. The van der Waals surface area contributed by atoms with E-state index < -0.39 is 0 Å². The molecule has 0 radical (unpaired) electrons. The van der Waals surface area contributed by atoms with E-state index in [0.717, 1.165) is 83.3 Å². The van der Waals surface area contributed by atoms with Crippen molar-refractivity contribution in [1.29, 1.82) is 0 Å². The minimum absolute atomic E-state index is 0.172. The van der Waals surface area contributed by atoms with Crippen LogP contribution in [0.2, 0.25) is 0 Å². The molecule has 1 aromatic rings. The van der Waals surface area contributed by atoms with Gasteiger partial charge in [0.2, 0.25) is 0 Å². The van der Waals surface area contributed by atoms with Gasteiger partial charge in [0.25, 0.3) is 0 Å². The predicted octanol–water partition coefficient (Wildman–Crippen LogP) is 2.94. The average molecular weight is 462 g/mol. The number of hydrogen-bond acceptors (Lipinski definition) is 7. The van der Waals surface area contributed by atoms with Crippen molar-refractivity contribution in [2.24, 2.45) is 5.41 Å². The molecular formula is C24H36FN5O3. The number of aromatic nitrogens is 1. The number of carbonyl (C=O) groups excluding carboxylic acids is 1. The first kappa shape index (κ1) is 22.7. The molecule has 1 amide bonds. The van der Waals surface area contributed by atoms with Crippen LogP contribution in [0.15, 0.2) is 12.3 Å². The minimum atomic E-state index is -0.293. The van der Waals surface area contributed by atoms with Crippen LogP contribution in [-0.4, -0.2) is 92.0 Å². The molecule has 9 heteroatoms. The van der Waals surface area contributed by atoms with Gasteiger partial charge < -0.3 is 24.6 Å². The number of hydrogen-bond donors (Lipinski definition) is 1. The Morgan fingerprint density at radius 1 is 1.24 bits per heavy atom. The van der Waals surface area contributed by atoms with Crippen LogP contribution in [0.5, 0.6) is 0 Å². The molecule has 4 fully saturated rings. The Labute approximate surface area is 195 Å². The summed E-state index contributed by atoms with van der Waals surface area (Å²) in [6, 6.07) is 2.51. The zero-order valence-electron chi connectivity index (χ0n) is 19.6. The van der Waals surface area contributed by atoms with Crippen LogP contribution in [0.1, 0.15) is 39.0 Å². The van der Waals surface area contributed by atoms with Crippen molar-refractivity contribution in [3.63, 3.8) is 0 Å². The van der Waals surface area contributed by atoms with Crippen LogP contribution < -0.4 is 10.2 Å². The molecule has 1 aliphatic carbocycles. The largest absolute Gasteiger partial charge is 0.450 e. The predicted molar refractivity (Wildman–Crippen MR) is 124 cm³/mol. The van der Waals surface area contributed by atoms with Gasteiger partial charge in [0, 0.05) is 76.0 Å². The molecule has 0 bridgehead atoms. The number of ether oxygens (including phenoxy) is 2. The van der Waals surface area contributed by atoms with Gasteiger partial charge in [-0.05, 0) is 39.0 Å². The summed E-state index contributed by atoms with van der Waals surface area (Å²) in [4.78, 5) is 23.0. The van der Waals surface area contributed by atoms with Crippen LogP contribution in [0.3, 0.4) is 0 Å². The number of amides is 1. The highest BCUT2D eigenvalue weighted by atomic mass is 19.1. The summed E-state index contributed by atoms with van der Waals surface area (Å²) in [7, 11) is 0. The van der Waals surface area contributed by atoms with Crippen molar-refractivity contribution in [3.8, 4) is 0 Å². The molecule has 1 spiro atoms. The first-order valence-corrected chi connectivity index (χ1v) is 12.5. The maximum atomic E-state index is 14.1. The molecule has 0 aromatic carbocycles. The van der Waals surface area contributed by atoms with Gasteiger partial charge in [0.15, 0.2) is 0 Å². The van der Waals surface area contributed by atoms with E-state index in [9.17, 15) is 9.18 Å². The number of carbonyl (C=O) groups is 1. The number of nitrogens with one attached hydrogen (secondary N) is 1. The van der Waals surface area contributed by atoms with E-state index in [1.165, 1.54) is 19.0 Å². The molecule has 1 N–H and O–H groups in total. The van der Waals surface area contributed by atoms with Gasteiger partial charge in [-0.15, -0.1) is 0 Å². The third-order valence-corrected chi connectivity index (χ3v) is 7.82. The number of nitrogens with zero attached hydrogens (tertiary/aromatic N) is 4. The lowest BCUT2D eigenvalue weighted by atomic mass is 9.78. The Morgan fingerprint density at radius 2 is 2.00 bits per heavy atom. The third-order valence-electron chi connectivity index (χ3n) is 7.82. The molecule has 33 heavy (non-hydrogen) atoms. The lowest BCUT2D eigenvalue weighted by Crippen LogP contribution is -2.58. The zero-order valence-corrected chi connectivity index (χ0v) is 19.6. The fourth-order valence-electron chi connectivity index (χ4n) is 6.03. The molecule has 182 valence electrons. The van der Waals surface area contributed by atoms with Crippen molar-refractivity contribution in [2.45, 2.75) is 51.1 Å². The summed E-state index contributed by atoms with van der Waals surface area (Å²) < 4.78 is 24.7. The number of likely N-dealkylation sites (tertiary alicyclic amines) is 1. The Bertz CT molecular complexity index is 835. The summed E-state index contributed by atoms with van der Waals surface area (Å²) in [5.41, 5.74) is 1.15. The molecule has 4 aliphatic rings. The van der Waals surface area contributed by atoms with E-state index in [1.54, 1.807) is 6.07 Å². The van der Waals surface area contributed by atoms with Crippen LogP contribution >= 0.6 is 0 Å². The van der Waals surface area contributed by atoms with Gasteiger partial charge in [-0.2, -0.15) is 0 Å². The fraction of sp³-hybridized carbons (Fsp3) is 0.750. The molecule has 3 saturated heterocycles. The maximum Gasteiger partial charge on any atom is 0.409 e. The lowest BCUT2D eigenvalue weighted by molar-refractivity contribution is -0.00294. The number of anilines is 2. The van der Waals surface area contributed by atoms with Crippen molar-refractivity contribution in [3.05, 3.63) is 18.1 Å². The van der Waals surface area contributed by atoms with Gasteiger partial charge in [-0.3, -0.25) is 4.90 Å². The van der Waals surface area contributed by atoms with Crippen molar-refractivity contribution in [2.75, 3.05) is 69.3 Å². The molecule has 4 heterocycles. The van der Waals surface area contributed by atoms with E-state index >= 15 is 0 Å². The van der Waals surface area contributed by atoms with Gasteiger partial charge in [0.1, 0.15) is 11.6 Å². The first-order chi connectivity index (χ1) is 16.0. The van der Waals surface area contributed by atoms with Crippen molar-refractivity contribution >= 4 is 17.6 Å². The van der Waals surface area contributed by atoms with E-state index in [2.05, 4.69) is 20.1 Å². The maximum absolute atomic E-state index is 14.1. The lowest BCUT2D eigenvalue weighted by Gasteiger charge is -2.48. The van der Waals surface area contributed by atoms with Crippen molar-refractivity contribution < 1.29 is 18.7 Å². The molecule has 3 aliphatic heterocycles. The smallest absolute Gasteiger partial charge is 0.409 e. The monoisotopic (exact) mass is 461 g/mol. The van der Waals surface area contributed by atoms with E-state index in [1.807, 2.05) is 11.8 Å². The molecule has 8 nitrogen and oxygen atoms in total. The number of piperazine rings is 1. The van der Waals surface area contributed by atoms with Gasteiger partial charge in [0.05, 0.1) is 18.5 Å². The van der Waals surface area contributed by atoms with Crippen LogP contribution in [-0.2, 0) is 9.47 Å². The van der Waals surface area contributed by atoms with E-state index in [4.69, 9.17) is 9.47 Å². The SMILES string of the molecule is CCOC(=O)N1CC2(CC[C@@H](N3CCN(c4cc(F)cnc4NC4CCOCC4)CC3)C2)C1. The highest BCUT2D eigenvalue weighted by Crippen LogP contribution is 2.47. The summed E-state index contributed by atoms with van der Waals surface area (Å²) in [6.07, 6.45) is 6.55. The van der Waals surface area contributed by atoms with Crippen LogP contribution in [0.4, 0.5) is 20.7 Å². The van der Waals surface area contributed by atoms with Crippen LogP contribution in [0, 0.1) is 11.2 Å². The zero-order chi connectivity index (χ0) is 22.8.